The number of pyridine rings is 1. The summed E-state index contributed by atoms with van der Waals surface area (Å²) in [5.41, 5.74) is 0.932. The molecule has 1 rings (SSSR count). The van der Waals surface area contributed by atoms with E-state index >= 15 is 0 Å². The molecular formula is C12H15F3N2O. The molecule has 1 aromatic rings. The molecule has 1 aromatic heterocycles. The number of aromatic nitrogens is 1. The number of nitrogens with one attached hydrogen (secondary N) is 1. The molecule has 0 spiro atoms. The Kier molecular flexibility index (Phi) is 5.12. The summed E-state index contributed by atoms with van der Waals surface area (Å²) in [6.07, 6.45) is -2.05. The van der Waals surface area contributed by atoms with E-state index in [4.69, 9.17) is 0 Å². The number of rotatable bonds is 5. The molecule has 100 valence electrons. The maximum absolute atomic E-state index is 11.9. The lowest BCUT2D eigenvalue weighted by atomic mass is 10.1. The first kappa shape index (κ1) is 14.5. The summed E-state index contributed by atoms with van der Waals surface area (Å²) in [6, 6.07) is 3.41. The highest BCUT2D eigenvalue weighted by Gasteiger charge is 2.28. The maximum atomic E-state index is 11.9. The van der Waals surface area contributed by atoms with Gasteiger partial charge >= 0.3 is 6.18 Å². The summed E-state index contributed by atoms with van der Waals surface area (Å²) in [4.78, 5) is 15.2. The van der Waals surface area contributed by atoms with Crippen LogP contribution in [0.5, 0.6) is 0 Å². The lowest BCUT2D eigenvalue weighted by Gasteiger charge is -2.14. The lowest BCUT2D eigenvalue weighted by Crippen LogP contribution is -2.34. The van der Waals surface area contributed by atoms with Crippen LogP contribution in [-0.2, 0) is 11.2 Å². The molecule has 1 heterocycles. The van der Waals surface area contributed by atoms with Gasteiger partial charge in [0.05, 0.1) is 6.42 Å². The van der Waals surface area contributed by atoms with E-state index in [0.29, 0.717) is 6.42 Å². The van der Waals surface area contributed by atoms with E-state index in [9.17, 15) is 18.0 Å². The molecule has 1 N–H and O–H groups in total. The van der Waals surface area contributed by atoms with Crippen molar-refractivity contribution in [2.45, 2.75) is 38.4 Å². The number of nitrogens with zero attached hydrogens (tertiary/aromatic N) is 1. The van der Waals surface area contributed by atoms with Gasteiger partial charge < -0.3 is 5.32 Å². The molecule has 0 aliphatic heterocycles. The van der Waals surface area contributed by atoms with E-state index in [1.54, 1.807) is 25.4 Å². The first-order valence-corrected chi connectivity index (χ1v) is 5.62. The molecule has 0 aliphatic carbocycles. The fourth-order valence-electron chi connectivity index (χ4n) is 1.53. The van der Waals surface area contributed by atoms with E-state index in [1.807, 2.05) is 6.07 Å². The standard InChI is InChI=1S/C12H15F3N2O/c1-9(7-10-3-2-6-16-8-10)17-11(18)4-5-12(13,14)15/h2-3,6,8-9H,4-5,7H2,1H3,(H,17,18)/t9-/m0/s1. The third kappa shape index (κ3) is 6.22. The minimum absolute atomic E-state index is 0.213. The van der Waals surface area contributed by atoms with Crippen molar-refractivity contribution in [1.29, 1.82) is 0 Å². The van der Waals surface area contributed by atoms with Crippen molar-refractivity contribution in [3.8, 4) is 0 Å². The van der Waals surface area contributed by atoms with Crippen LogP contribution in [0.25, 0.3) is 0 Å². The van der Waals surface area contributed by atoms with Crippen LogP contribution < -0.4 is 5.32 Å². The van der Waals surface area contributed by atoms with Crippen LogP contribution in [0.15, 0.2) is 24.5 Å². The molecule has 0 saturated carbocycles. The van der Waals surface area contributed by atoms with Crippen molar-refractivity contribution < 1.29 is 18.0 Å². The van der Waals surface area contributed by atoms with Crippen LogP contribution in [0.3, 0.4) is 0 Å². The Morgan fingerprint density at radius 2 is 2.22 bits per heavy atom. The number of alkyl halides is 3. The zero-order valence-electron chi connectivity index (χ0n) is 10.00. The van der Waals surface area contributed by atoms with Gasteiger partial charge in [-0.05, 0) is 25.0 Å². The van der Waals surface area contributed by atoms with Gasteiger partial charge in [-0.2, -0.15) is 13.2 Å². The summed E-state index contributed by atoms with van der Waals surface area (Å²) < 4.78 is 35.7. The first-order chi connectivity index (χ1) is 8.37. The molecule has 0 aromatic carbocycles. The molecule has 6 heteroatoms. The predicted octanol–water partition coefficient (Wildman–Crippen LogP) is 2.47. The van der Waals surface area contributed by atoms with E-state index in [0.717, 1.165) is 5.56 Å². The molecule has 0 aliphatic rings. The minimum Gasteiger partial charge on any atom is -0.353 e. The number of carbonyl (C=O) groups is 1. The Morgan fingerprint density at radius 1 is 1.50 bits per heavy atom. The molecule has 0 unspecified atom stereocenters. The zero-order valence-corrected chi connectivity index (χ0v) is 10.00. The third-order valence-corrected chi connectivity index (χ3v) is 2.31. The SMILES string of the molecule is C[C@@H](Cc1cccnc1)NC(=O)CCC(F)(F)F. The van der Waals surface area contributed by atoms with Gasteiger partial charge in [0.25, 0.3) is 0 Å². The molecule has 1 atom stereocenters. The smallest absolute Gasteiger partial charge is 0.353 e. The fourth-order valence-corrected chi connectivity index (χ4v) is 1.53. The van der Waals surface area contributed by atoms with Crippen LogP contribution in [0.2, 0.25) is 0 Å². The largest absolute Gasteiger partial charge is 0.389 e. The second-order valence-electron chi connectivity index (χ2n) is 4.15. The van der Waals surface area contributed by atoms with E-state index in [-0.39, 0.29) is 6.04 Å². The van der Waals surface area contributed by atoms with Crippen LogP contribution >= 0.6 is 0 Å². The molecule has 1 amide bonds. The summed E-state index contributed by atoms with van der Waals surface area (Å²) in [6.45, 7) is 1.75. The average Bonchev–Trinajstić information content (AvgIpc) is 2.26. The summed E-state index contributed by atoms with van der Waals surface area (Å²) in [5, 5.41) is 2.53. The highest BCUT2D eigenvalue weighted by Crippen LogP contribution is 2.21. The molecule has 0 radical (unpaired) electrons. The fraction of sp³-hybridized carbons (Fsp3) is 0.500. The number of carbonyl (C=O) groups excluding carboxylic acids is 1. The van der Waals surface area contributed by atoms with Crippen molar-refractivity contribution in [3.05, 3.63) is 30.1 Å². The molecule has 3 nitrogen and oxygen atoms in total. The Hall–Kier alpha value is -1.59. The van der Waals surface area contributed by atoms with Crippen LogP contribution in [-0.4, -0.2) is 23.1 Å². The minimum atomic E-state index is -4.29. The van der Waals surface area contributed by atoms with Gasteiger partial charge in [-0.3, -0.25) is 9.78 Å². The first-order valence-electron chi connectivity index (χ1n) is 5.62. The number of hydrogen-bond acceptors (Lipinski definition) is 2. The highest BCUT2D eigenvalue weighted by atomic mass is 19.4. The number of amides is 1. The monoisotopic (exact) mass is 260 g/mol. The summed E-state index contributed by atoms with van der Waals surface area (Å²) in [5.74, 6) is -0.580. The average molecular weight is 260 g/mol. The number of hydrogen-bond donors (Lipinski definition) is 1. The zero-order chi connectivity index (χ0) is 13.6. The van der Waals surface area contributed by atoms with Crippen molar-refractivity contribution in [2.24, 2.45) is 0 Å². The van der Waals surface area contributed by atoms with Gasteiger partial charge in [0.1, 0.15) is 0 Å². The van der Waals surface area contributed by atoms with Crippen molar-refractivity contribution in [1.82, 2.24) is 10.3 Å². The Labute approximate surface area is 103 Å². The summed E-state index contributed by atoms with van der Waals surface area (Å²) in [7, 11) is 0. The summed E-state index contributed by atoms with van der Waals surface area (Å²) >= 11 is 0. The van der Waals surface area contributed by atoms with Gasteiger partial charge in [0.2, 0.25) is 5.91 Å². The quantitative estimate of drug-likeness (QED) is 0.883. The lowest BCUT2D eigenvalue weighted by molar-refractivity contribution is -0.144. The maximum Gasteiger partial charge on any atom is 0.389 e. The van der Waals surface area contributed by atoms with Crippen LogP contribution in [0, 0.1) is 0 Å². The van der Waals surface area contributed by atoms with Crippen molar-refractivity contribution in [2.75, 3.05) is 0 Å². The topological polar surface area (TPSA) is 42.0 Å². The van der Waals surface area contributed by atoms with Crippen molar-refractivity contribution >= 4 is 5.91 Å². The van der Waals surface area contributed by atoms with Crippen molar-refractivity contribution in [3.63, 3.8) is 0 Å². The highest BCUT2D eigenvalue weighted by molar-refractivity contribution is 5.76. The van der Waals surface area contributed by atoms with Gasteiger partial charge in [-0.15, -0.1) is 0 Å². The Balaban J connectivity index is 2.32. The second kappa shape index (κ2) is 6.37. The van der Waals surface area contributed by atoms with Gasteiger partial charge in [-0.1, -0.05) is 6.07 Å². The molecule has 0 bridgehead atoms. The molecular weight excluding hydrogens is 245 g/mol. The molecule has 18 heavy (non-hydrogen) atoms. The van der Waals surface area contributed by atoms with Gasteiger partial charge in [0, 0.05) is 24.9 Å². The Morgan fingerprint density at radius 3 is 2.78 bits per heavy atom. The number of halogens is 3. The van der Waals surface area contributed by atoms with E-state index in [2.05, 4.69) is 10.3 Å². The normalized spacial score (nSPS) is 13.1. The van der Waals surface area contributed by atoms with Crippen LogP contribution in [0.4, 0.5) is 13.2 Å². The Bertz CT molecular complexity index is 379. The second-order valence-corrected chi connectivity index (χ2v) is 4.15. The molecule has 0 fully saturated rings. The van der Waals surface area contributed by atoms with E-state index in [1.165, 1.54) is 0 Å². The third-order valence-electron chi connectivity index (χ3n) is 2.31. The van der Waals surface area contributed by atoms with E-state index < -0.39 is 24.9 Å². The predicted molar refractivity (Wildman–Crippen MR) is 60.8 cm³/mol. The molecule has 0 saturated heterocycles. The van der Waals surface area contributed by atoms with Crippen LogP contribution in [0.1, 0.15) is 25.3 Å². The van der Waals surface area contributed by atoms with Gasteiger partial charge in [0.15, 0.2) is 0 Å². The van der Waals surface area contributed by atoms with Gasteiger partial charge in [-0.25, -0.2) is 0 Å².